The Balaban J connectivity index is 1.83. The summed E-state index contributed by atoms with van der Waals surface area (Å²) in [5, 5.41) is 4.57. The van der Waals surface area contributed by atoms with Crippen molar-refractivity contribution in [2.24, 2.45) is 0 Å². The van der Waals surface area contributed by atoms with Gasteiger partial charge in [0.15, 0.2) is 0 Å². The van der Waals surface area contributed by atoms with E-state index in [0.717, 1.165) is 5.69 Å². The minimum Gasteiger partial charge on any atom is -0.497 e. The second-order valence-corrected chi connectivity index (χ2v) is 6.11. The summed E-state index contributed by atoms with van der Waals surface area (Å²) in [5.41, 5.74) is 2.18. The lowest BCUT2D eigenvalue weighted by Gasteiger charge is -2.11. The van der Waals surface area contributed by atoms with E-state index in [1.807, 2.05) is 30.3 Å². The number of aromatic nitrogens is 2. The molecule has 0 bridgehead atoms. The Morgan fingerprint density at radius 1 is 1.11 bits per heavy atom. The quantitative estimate of drug-likeness (QED) is 0.594. The number of benzene rings is 2. The molecular weight excluding hydrogens is 368 g/mol. The SMILES string of the molecule is COc1ccc(OC)c(COC(=O)c2c(C)nn(-c3ccccc3)c2Cl)c1. The Morgan fingerprint density at radius 2 is 1.85 bits per heavy atom. The zero-order chi connectivity index (χ0) is 19.4. The van der Waals surface area contributed by atoms with Crippen molar-refractivity contribution in [1.29, 1.82) is 0 Å². The smallest absolute Gasteiger partial charge is 0.343 e. The molecule has 0 saturated heterocycles. The maximum Gasteiger partial charge on any atom is 0.343 e. The van der Waals surface area contributed by atoms with Gasteiger partial charge >= 0.3 is 5.97 Å². The third-order valence-corrected chi connectivity index (χ3v) is 4.40. The number of esters is 1. The van der Waals surface area contributed by atoms with Crippen molar-refractivity contribution in [3.63, 3.8) is 0 Å². The van der Waals surface area contributed by atoms with E-state index < -0.39 is 5.97 Å². The highest BCUT2D eigenvalue weighted by Crippen LogP contribution is 2.27. The number of hydrogen-bond acceptors (Lipinski definition) is 5. The van der Waals surface area contributed by atoms with Crippen molar-refractivity contribution >= 4 is 17.6 Å². The molecule has 1 heterocycles. The standard InChI is InChI=1S/C20H19ClN2O4/c1-13-18(19(21)23(22-13)15-7-5-4-6-8-15)20(24)27-12-14-11-16(25-2)9-10-17(14)26-3/h4-11H,12H2,1-3H3. The van der Waals surface area contributed by atoms with E-state index in [1.54, 1.807) is 39.3 Å². The molecule has 3 aromatic rings. The fourth-order valence-electron chi connectivity index (χ4n) is 2.68. The van der Waals surface area contributed by atoms with Gasteiger partial charge in [0.2, 0.25) is 0 Å². The van der Waals surface area contributed by atoms with Crippen molar-refractivity contribution in [3.05, 3.63) is 70.5 Å². The van der Waals surface area contributed by atoms with Gasteiger partial charge in [0.1, 0.15) is 28.8 Å². The Hall–Kier alpha value is -2.99. The van der Waals surface area contributed by atoms with Crippen LogP contribution in [0.15, 0.2) is 48.5 Å². The van der Waals surface area contributed by atoms with E-state index in [2.05, 4.69) is 5.10 Å². The van der Waals surface area contributed by atoms with Crippen molar-refractivity contribution < 1.29 is 19.0 Å². The molecule has 2 aromatic carbocycles. The third-order valence-electron chi connectivity index (χ3n) is 4.06. The van der Waals surface area contributed by atoms with E-state index in [1.165, 1.54) is 4.68 Å². The monoisotopic (exact) mass is 386 g/mol. The van der Waals surface area contributed by atoms with Crippen LogP contribution < -0.4 is 9.47 Å². The first-order valence-corrected chi connectivity index (χ1v) is 8.61. The highest BCUT2D eigenvalue weighted by atomic mass is 35.5. The van der Waals surface area contributed by atoms with Gasteiger partial charge in [0.05, 0.1) is 25.6 Å². The number of aryl methyl sites for hydroxylation is 1. The number of halogens is 1. The molecule has 0 atom stereocenters. The van der Waals surface area contributed by atoms with Crippen LogP contribution in [-0.2, 0) is 11.3 Å². The number of ether oxygens (including phenoxy) is 3. The van der Waals surface area contributed by atoms with Crippen molar-refractivity contribution in [2.45, 2.75) is 13.5 Å². The average Bonchev–Trinajstić information content (AvgIpc) is 3.00. The Labute approximate surface area is 162 Å². The van der Waals surface area contributed by atoms with Gasteiger partial charge in [-0.05, 0) is 37.3 Å². The van der Waals surface area contributed by atoms with Crippen LogP contribution in [0.3, 0.4) is 0 Å². The normalized spacial score (nSPS) is 10.5. The van der Waals surface area contributed by atoms with E-state index in [9.17, 15) is 4.79 Å². The summed E-state index contributed by atoms with van der Waals surface area (Å²) in [6.45, 7) is 1.74. The first-order valence-electron chi connectivity index (χ1n) is 8.23. The van der Waals surface area contributed by atoms with Gasteiger partial charge in [-0.2, -0.15) is 5.10 Å². The second-order valence-electron chi connectivity index (χ2n) is 5.75. The number of nitrogens with zero attached hydrogens (tertiary/aromatic N) is 2. The van der Waals surface area contributed by atoms with Gasteiger partial charge in [0, 0.05) is 5.56 Å². The summed E-state index contributed by atoms with van der Waals surface area (Å²) in [5.74, 6) is 0.698. The lowest BCUT2D eigenvalue weighted by Crippen LogP contribution is -2.07. The highest BCUT2D eigenvalue weighted by Gasteiger charge is 2.23. The van der Waals surface area contributed by atoms with Crippen LogP contribution in [0.2, 0.25) is 5.15 Å². The molecule has 6 nitrogen and oxygen atoms in total. The van der Waals surface area contributed by atoms with E-state index in [4.69, 9.17) is 25.8 Å². The summed E-state index contributed by atoms with van der Waals surface area (Å²) >= 11 is 6.40. The van der Waals surface area contributed by atoms with E-state index >= 15 is 0 Å². The molecule has 140 valence electrons. The van der Waals surface area contributed by atoms with Gasteiger partial charge in [-0.1, -0.05) is 29.8 Å². The fourth-order valence-corrected chi connectivity index (χ4v) is 3.03. The van der Waals surface area contributed by atoms with Crippen LogP contribution in [0, 0.1) is 6.92 Å². The topological polar surface area (TPSA) is 62.6 Å². The highest BCUT2D eigenvalue weighted by molar-refractivity contribution is 6.33. The molecule has 0 unspecified atom stereocenters. The van der Waals surface area contributed by atoms with Crippen LogP contribution in [0.1, 0.15) is 21.6 Å². The molecule has 0 amide bonds. The first-order chi connectivity index (χ1) is 13.0. The van der Waals surface area contributed by atoms with E-state index in [0.29, 0.717) is 22.8 Å². The maximum atomic E-state index is 12.6. The van der Waals surface area contributed by atoms with Crippen molar-refractivity contribution in [2.75, 3.05) is 14.2 Å². The zero-order valence-corrected chi connectivity index (χ0v) is 16.0. The van der Waals surface area contributed by atoms with Gasteiger partial charge in [-0.15, -0.1) is 0 Å². The Bertz CT molecular complexity index is 954. The molecule has 0 aliphatic heterocycles. The minimum atomic E-state index is -0.551. The molecule has 0 aliphatic carbocycles. The summed E-state index contributed by atoms with van der Waals surface area (Å²) in [6.07, 6.45) is 0. The van der Waals surface area contributed by atoms with Crippen LogP contribution in [0.5, 0.6) is 11.5 Å². The number of carbonyl (C=O) groups excluding carboxylic acids is 1. The predicted molar refractivity (Wildman–Crippen MR) is 102 cm³/mol. The molecule has 27 heavy (non-hydrogen) atoms. The number of rotatable bonds is 6. The molecule has 0 N–H and O–H groups in total. The fraction of sp³-hybridized carbons (Fsp3) is 0.200. The third kappa shape index (κ3) is 3.90. The van der Waals surface area contributed by atoms with Crippen LogP contribution in [-0.4, -0.2) is 30.0 Å². The van der Waals surface area contributed by atoms with Gasteiger partial charge < -0.3 is 14.2 Å². The van der Waals surface area contributed by atoms with Crippen LogP contribution in [0.4, 0.5) is 0 Å². The van der Waals surface area contributed by atoms with Gasteiger partial charge in [-0.25, -0.2) is 9.48 Å². The van der Waals surface area contributed by atoms with E-state index in [-0.39, 0.29) is 17.3 Å². The molecular formula is C20H19ClN2O4. The Kier molecular flexibility index (Phi) is 5.66. The van der Waals surface area contributed by atoms with Crippen LogP contribution >= 0.6 is 11.6 Å². The number of hydrogen-bond donors (Lipinski definition) is 0. The summed E-state index contributed by atoms with van der Waals surface area (Å²) < 4.78 is 17.5. The molecule has 0 fully saturated rings. The van der Waals surface area contributed by atoms with Crippen molar-refractivity contribution in [3.8, 4) is 17.2 Å². The van der Waals surface area contributed by atoms with Gasteiger partial charge in [-0.3, -0.25) is 0 Å². The predicted octanol–water partition coefficient (Wildman–Crippen LogP) is 4.21. The summed E-state index contributed by atoms with van der Waals surface area (Å²) in [7, 11) is 3.12. The molecule has 0 aliphatic rings. The maximum absolute atomic E-state index is 12.6. The second kappa shape index (κ2) is 8.14. The van der Waals surface area contributed by atoms with Gasteiger partial charge in [0.25, 0.3) is 0 Å². The Morgan fingerprint density at radius 3 is 2.52 bits per heavy atom. The first kappa shape index (κ1) is 18.8. The molecule has 3 rings (SSSR count). The largest absolute Gasteiger partial charge is 0.497 e. The summed E-state index contributed by atoms with van der Waals surface area (Å²) in [6, 6.07) is 14.6. The van der Waals surface area contributed by atoms with Crippen LogP contribution in [0.25, 0.3) is 5.69 Å². The average molecular weight is 387 g/mol. The lowest BCUT2D eigenvalue weighted by atomic mass is 10.2. The molecule has 1 aromatic heterocycles. The molecule has 0 radical (unpaired) electrons. The number of methoxy groups -OCH3 is 2. The minimum absolute atomic E-state index is 0.0193. The zero-order valence-electron chi connectivity index (χ0n) is 15.2. The molecule has 7 heteroatoms. The molecule has 0 spiro atoms. The van der Waals surface area contributed by atoms with Crippen molar-refractivity contribution in [1.82, 2.24) is 9.78 Å². The summed E-state index contributed by atoms with van der Waals surface area (Å²) in [4.78, 5) is 12.6. The number of para-hydroxylation sites is 1. The molecule has 0 saturated carbocycles. The lowest BCUT2D eigenvalue weighted by molar-refractivity contribution is 0.0469. The number of carbonyl (C=O) groups is 1.